The van der Waals surface area contributed by atoms with Crippen LogP contribution in [0.15, 0.2) is 27.4 Å². The van der Waals surface area contributed by atoms with Gasteiger partial charge in [0.05, 0.1) is 5.52 Å². The molecule has 1 aliphatic rings. The Hall–Kier alpha value is -1.84. The molecular weight excluding hydrogens is 230 g/mol. The Kier molecular flexibility index (Phi) is 2.40. The zero-order valence-corrected chi connectivity index (χ0v) is 10.3. The number of Topliss-reactive ketones (excluding diaryl/α,β-unsaturated/α-hetero) is 1. The summed E-state index contributed by atoms with van der Waals surface area (Å²) in [5.41, 5.74) is 1.47. The summed E-state index contributed by atoms with van der Waals surface area (Å²) in [6.07, 6.45) is 4.12. The topological polar surface area (TPSA) is 63.1 Å². The summed E-state index contributed by atoms with van der Waals surface area (Å²) >= 11 is 0. The van der Waals surface area contributed by atoms with Gasteiger partial charge in [-0.15, -0.1) is 0 Å². The van der Waals surface area contributed by atoms with Gasteiger partial charge in [-0.25, -0.2) is 4.79 Å². The van der Waals surface area contributed by atoms with Gasteiger partial charge in [0.1, 0.15) is 0 Å². The van der Waals surface area contributed by atoms with Crippen molar-refractivity contribution in [2.24, 2.45) is 5.41 Å². The second-order valence-corrected chi connectivity index (χ2v) is 5.32. The Bertz CT molecular complexity index is 659. The number of ketones is 1. The number of carbonyl (C=O) groups is 1. The Morgan fingerprint density at radius 1 is 1.33 bits per heavy atom. The van der Waals surface area contributed by atoms with Gasteiger partial charge in [-0.2, -0.15) is 0 Å². The van der Waals surface area contributed by atoms with Gasteiger partial charge in [-0.3, -0.25) is 9.78 Å². The number of fused-ring (bicyclic) bond motifs is 1. The summed E-state index contributed by atoms with van der Waals surface area (Å²) in [5, 5.41) is 0. The van der Waals surface area contributed by atoms with Gasteiger partial charge >= 0.3 is 5.76 Å². The number of hydrogen-bond donors (Lipinski definition) is 1. The molecule has 1 aliphatic carbocycles. The average molecular weight is 245 g/mol. The van der Waals surface area contributed by atoms with Crippen molar-refractivity contribution in [2.75, 3.05) is 0 Å². The summed E-state index contributed by atoms with van der Waals surface area (Å²) in [7, 11) is 0. The molecule has 4 heteroatoms. The third kappa shape index (κ3) is 1.68. The number of aromatic amines is 1. The van der Waals surface area contributed by atoms with Crippen molar-refractivity contribution in [3.05, 3.63) is 34.3 Å². The maximum atomic E-state index is 12.5. The molecule has 0 atom stereocenters. The molecule has 1 N–H and O–H groups in total. The maximum absolute atomic E-state index is 12.5. The largest absolute Gasteiger partial charge is 0.417 e. The molecule has 0 unspecified atom stereocenters. The van der Waals surface area contributed by atoms with Crippen molar-refractivity contribution in [1.82, 2.24) is 4.98 Å². The molecule has 0 radical (unpaired) electrons. The van der Waals surface area contributed by atoms with Crippen LogP contribution in [0.3, 0.4) is 0 Å². The summed E-state index contributed by atoms with van der Waals surface area (Å²) in [4.78, 5) is 26.1. The van der Waals surface area contributed by atoms with Crippen molar-refractivity contribution in [3.8, 4) is 0 Å². The van der Waals surface area contributed by atoms with Crippen LogP contribution in [-0.4, -0.2) is 10.8 Å². The highest BCUT2D eigenvalue weighted by Gasteiger charge is 2.36. The normalized spacial score (nSPS) is 18.3. The van der Waals surface area contributed by atoms with E-state index < -0.39 is 5.76 Å². The minimum atomic E-state index is -0.485. The number of carbonyl (C=O) groups excluding carboxylic acids is 1. The molecule has 3 rings (SSSR count). The predicted octanol–water partition coefficient (Wildman–Crippen LogP) is 2.88. The third-order valence-electron chi connectivity index (χ3n) is 3.94. The highest BCUT2D eigenvalue weighted by molar-refractivity contribution is 6.02. The zero-order chi connectivity index (χ0) is 12.8. The van der Waals surface area contributed by atoms with Crippen LogP contribution in [0.5, 0.6) is 0 Å². The minimum absolute atomic E-state index is 0.158. The molecule has 0 spiro atoms. The minimum Gasteiger partial charge on any atom is -0.408 e. The second-order valence-electron chi connectivity index (χ2n) is 5.32. The van der Waals surface area contributed by atoms with Gasteiger partial charge in [-0.05, 0) is 31.0 Å². The molecular formula is C14H15NO3. The van der Waals surface area contributed by atoms with Gasteiger partial charge in [0, 0.05) is 11.0 Å². The van der Waals surface area contributed by atoms with Crippen molar-refractivity contribution in [2.45, 2.75) is 32.6 Å². The molecule has 0 saturated heterocycles. The standard InChI is InChI=1S/C14H15NO3/c1-14(6-2-3-7-14)12(16)9-4-5-10-11(8-9)18-13(17)15-10/h4-5,8H,2-3,6-7H2,1H3,(H,15,17). The van der Waals surface area contributed by atoms with Crippen molar-refractivity contribution < 1.29 is 9.21 Å². The van der Waals surface area contributed by atoms with Crippen molar-refractivity contribution in [3.63, 3.8) is 0 Å². The van der Waals surface area contributed by atoms with Crippen LogP contribution in [0.4, 0.5) is 0 Å². The lowest BCUT2D eigenvalue weighted by atomic mass is 9.81. The molecule has 1 heterocycles. The van der Waals surface area contributed by atoms with E-state index in [4.69, 9.17) is 4.42 Å². The fourth-order valence-corrected chi connectivity index (χ4v) is 2.82. The van der Waals surface area contributed by atoms with Crippen LogP contribution in [0.25, 0.3) is 11.1 Å². The van der Waals surface area contributed by atoms with Crippen LogP contribution in [-0.2, 0) is 0 Å². The average Bonchev–Trinajstić information content (AvgIpc) is 2.93. The molecule has 0 amide bonds. The number of aromatic nitrogens is 1. The van der Waals surface area contributed by atoms with Gasteiger partial charge < -0.3 is 4.42 Å². The van der Waals surface area contributed by atoms with E-state index in [1.165, 1.54) is 0 Å². The number of rotatable bonds is 2. The molecule has 94 valence electrons. The van der Waals surface area contributed by atoms with E-state index in [9.17, 15) is 9.59 Å². The van der Waals surface area contributed by atoms with E-state index in [1.54, 1.807) is 18.2 Å². The lowest BCUT2D eigenvalue weighted by Crippen LogP contribution is -2.24. The molecule has 1 saturated carbocycles. The van der Waals surface area contributed by atoms with E-state index in [2.05, 4.69) is 4.98 Å². The maximum Gasteiger partial charge on any atom is 0.417 e. The summed E-state index contributed by atoms with van der Waals surface area (Å²) in [6.45, 7) is 2.03. The van der Waals surface area contributed by atoms with Crippen LogP contribution in [0, 0.1) is 5.41 Å². The number of hydrogen-bond acceptors (Lipinski definition) is 3. The van der Waals surface area contributed by atoms with Crippen LogP contribution >= 0.6 is 0 Å². The Morgan fingerprint density at radius 2 is 2.06 bits per heavy atom. The van der Waals surface area contributed by atoms with Crippen LogP contribution in [0.2, 0.25) is 0 Å². The predicted molar refractivity (Wildman–Crippen MR) is 67.7 cm³/mol. The van der Waals surface area contributed by atoms with E-state index in [-0.39, 0.29) is 11.2 Å². The first-order valence-electron chi connectivity index (χ1n) is 6.26. The first kappa shape index (κ1) is 11.3. The highest BCUT2D eigenvalue weighted by atomic mass is 16.4. The zero-order valence-electron chi connectivity index (χ0n) is 10.3. The van der Waals surface area contributed by atoms with Gasteiger partial charge in [0.2, 0.25) is 0 Å². The fraction of sp³-hybridized carbons (Fsp3) is 0.429. The summed E-state index contributed by atoms with van der Waals surface area (Å²) in [5.74, 6) is -0.326. The van der Waals surface area contributed by atoms with Crippen molar-refractivity contribution >= 4 is 16.9 Å². The molecule has 2 aromatic rings. The molecule has 0 bridgehead atoms. The third-order valence-corrected chi connectivity index (χ3v) is 3.94. The molecule has 1 aromatic heterocycles. The second kappa shape index (κ2) is 3.83. The number of H-pyrrole nitrogens is 1. The van der Waals surface area contributed by atoms with E-state index in [0.29, 0.717) is 16.7 Å². The number of benzene rings is 1. The van der Waals surface area contributed by atoms with Gasteiger partial charge in [0.25, 0.3) is 0 Å². The van der Waals surface area contributed by atoms with Gasteiger partial charge in [0.15, 0.2) is 11.4 Å². The SMILES string of the molecule is CC1(C(=O)c2ccc3[nH]c(=O)oc3c2)CCCC1. The summed E-state index contributed by atoms with van der Waals surface area (Å²) < 4.78 is 4.99. The molecule has 4 nitrogen and oxygen atoms in total. The Labute approximate surface area is 104 Å². The summed E-state index contributed by atoms with van der Waals surface area (Å²) in [6, 6.07) is 5.16. The first-order chi connectivity index (χ1) is 8.58. The molecule has 1 aromatic carbocycles. The van der Waals surface area contributed by atoms with Crippen LogP contribution < -0.4 is 5.76 Å². The fourth-order valence-electron chi connectivity index (χ4n) is 2.82. The lowest BCUT2D eigenvalue weighted by Gasteiger charge is -2.21. The Morgan fingerprint density at radius 3 is 2.78 bits per heavy atom. The number of oxazole rings is 1. The van der Waals surface area contributed by atoms with Gasteiger partial charge in [-0.1, -0.05) is 19.8 Å². The lowest BCUT2D eigenvalue weighted by molar-refractivity contribution is 0.0823. The number of nitrogens with one attached hydrogen (secondary N) is 1. The van der Waals surface area contributed by atoms with E-state index in [0.717, 1.165) is 25.7 Å². The monoisotopic (exact) mass is 245 g/mol. The van der Waals surface area contributed by atoms with E-state index in [1.807, 2.05) is 6.92 Å². The highest BCUT2D eigenvalue weighted by Crippen LogP contribution is 2.40. The van der Waals surface area contributed by atoms with Crippen LogP contribution in [0.1, 0.15) is 43.0 Å². The van der Waals surface area contributed by atoms with E-state index >= 15 is 0 Å². The molecule has 0 aliphatic heterocycles. The molecule has 1 fully saturated rings. The Balaban J connectivity index is 2.03. The first-order valence-corrected chi connectivity index (χ1v) is 6.26. The van der Waals surface area contributed by atoms with Crippen molar-refractivity contribution in [1.29, 1.82) is 0 Å². The smallest absolute Gasteiger partial charge is 0.408 e. The quantitative estimate of drug-likeness (QED) is 0.827. The molecule has 18 heavy (non-hydrogen) atoms.